The lowest BCUT2D eigenvalue weighted by Crippen LogP contribution is -2.47. The number of hydrogen-bond donors (Lipinski definition) is 2. The van der Waals surface area contributed by atoms with Crippen LogP contribution < -0.4 is 10.6 Å². The van der Waals surface area contributed by atoms with E-state index >= 15 is 0 Å². The van der Waals surface area contributed by atoms with Crippen LogP contribution in [0.5, 0.6) is 0 Å². The van der Waals surface area contributed by atoms with Gasteiger partial charge in [-0.3, -0.25) is 4.99 Å². The molecule has 1 rings (SSSR count). The van der Waals surface area contributed by atoms with Gasteiger partial charge in [0.25, 0.3) is 0 Å². The molecule has 0 spiro atoms. The van der Waals surface area contributed by atoms with Gasteiger partial charge in [-0.15, -0.1) is 24.0 Å². The van der Waals surface area contributed by atoms with Crippen LogP contribution in [0.2, 0.25) is 0 Å². The molecule has 2 atom stereocenters. The highest BCUT2D eigenvalue weighted by molar-refractivity contribution is 14.0. The van der Waals surface area contributed by atoms with Gasteiger partial charge >= 0.3 is 6.18 Å². The zero-order valence-corrected chi connectivity index (χ0v) is 19.0. The number of hydrogen-bond acceptors (Lipinski definition) is 3. The third kappa shape index (κ3) is 8.18. The summed E-state index contributed by atoms with van der Waals surface area (Å²) in [5, 5.41) is 6.00. The number of nitrogens with zero attached hydrogens (tertiary/aromatic N) is 1. The van der Waals surface area contributed by atoms with Crippen LogP contribution in [0.3, 0.4) is 0 Å². The van der Waals surface area contributed by atoms with E-state index in [4.69, 9.17) is 0 Å². The molecule has 2 N–H and O–H groups in total. The molecule has 1 aliphatic rings. The van der Waals surface area contributed by atoms with Crippen LogP contribution in [0, 0.1) is 5.92 Å². The fraction of sp³-hybridized carbons (Fsp3) is 0.938. The summed E-state index contributed by atoms with van der Waals surface area (Å²) >= 11 is 0. The predicted octanol–water partition coefficient (Wildman–Crippen LogP) is 3.49. The van der Waals surface area contributed by atoms with Crippen molar-refractivity contribution < 1.29 is 21.6 Å². The lowest BCUT2D eigenvalue weighted by atomic mass is 9.85. The first-order valence-electron chi connectivity index (χ1n) is 8.70. The van der Waals surface area contributed by atoms with Crippen LogP contribution in [-0.4, -0.2) is 50.2 Å². The molecular weight excluding hydrogens is 482 g/mol. The molecule has 2 unspecified atom stereocenters. The Morgan fingerprint density at radius 3 is 2.31 bits per heavy atom. The van der Waals surface area contributed by atoms with E-state index in [-0.39, 0.29) is 55.2 Å². The Balaban J connectivity index is 0.00000625. The number of halogens is 4. The van der Waals surface area contributed by atoms with Crippen LogP contribution in [0.15, 0.2) is 4.99 Å². The number of guanidine groups is 1. The van der Waals surface area contributed by atoms with Crippen molar-refractivity contribution in [3.8, 4) is 0 Å². The topological polar surface area (TPSA) is 70.6 Å². The molecule has 1 aliphatic carbocycles. The molecule has 0 saturated heterocycles. The van der Waals surface area contributed by atoms with Gasteiger partial charge in [-0.25, -0.2) is 8.42 Å². The summed E-state index contributed by atoms with van der Waals surface area (Å²) in [6.45, 7) is 7.37. The van der Waals surface area contributed by atoms with Crippen molar-refractivity contribution in [2.45, 2.75) is 70.3 Å². The molecule has 0 aromatic carbocycles. The molecule has 0 aromatic rings. The minimum absolute atomic E-state index is 0. The molecule has 0 heterocycles. The van der Waals surface area contributed by atoms with Gasteiger partial charge in [-0.2, -0.15) is 13.2 Å². The average Bonchev–Trinajstić information content (AvgIpc) is 2.45. The van der Waals surface area contributed by atoms with Crippen molar-refractivity contribution in [1.82, 2.24) is 10.6 Å². The number of sulfone groups is 1. The van der Waals surface area contributed by atoms with Gasteiger partial charge in [-0.1, -0.05) is 6.42 Å². The second-order valence-corrected chi connectivity index (χ2v) is 10.3. The van der Waals surface area contributed by atoms with Gasteiger partial charge in [0.1, 0.15) is 0 Å². The summed E-state index contributed by atoms with van der Waals surface area (Å²) in [5.41, 5.74) is 0. The van der Waals surface area contributed by atoms with E-state index in [1.807, 2.05) is 6.92 Å². The molecule has 156 valence electrons. The monoisotopic (exact) mass is 513 g/mol. The summed E-state index contributed by atoms with van der Waals surface area (Å²) < 4.78 is 62.1. The third-order valence-electron chi connectivity index (χ3n) is 4.39. The largest absolute Gasteiger partial charge is 0.391 e. The highest BCUT2D eigenvalue weighted by atomic mass is 127. The minimum atomic E-state index is -4.17. The van der Waals surface area contributed by atoms with Crippen molar-refractivity contribution >= 4 is 39.8 Å². The molecule has 10 heteroatoms. The summed E-state index contributed by atoms with van der Waals surface area (Å²) in [6.07, 6.45) is -2.82. The first kappa shape index (κ1) is 25.7. The quantitative estimate of drug-likeness (QED) is 0.336. The Labute approximate surface area is 171 Å². The van der Waals surface area contributed by atoms with Crippen LogP contribution >= 0.6 is 24.0 Å². The van der Waals surface area contributed by atoms with Gasteiger partial charge < -0.3 is 10.6 Å². The molecule has 26 heavy (non-hydrogen) atoms. The van der Waals surface area contributed by atoms with Gasteiger partial charge in [0.2, 0.25) is 0 Å². The van der Waals surface area contributed by atoms with E-state index in [2.05, 4.69) is 15.6 Å². The second-order valence-electron chi connectivity index (χ2n) is 7.44. The van der Waals surface area contributed by atoms with Gasteiger partial charge in [0.15, 0.2) is 15.8 Å². The van der Waals surface area contributed by atoms with Crippen LogP contribution in [-0.2, 0) is 9.84 Å². The molecule has 5 nitrogen and oxygen atoms in total. The normalized spacial score (nSPS) is 22.5. The zero-order chi connectivity index (χ0) is 19.3. The number of rotatable bonds is 5. The Hall–Kier alpha value is -0.260. The fourth-order valence-electron chi connectivity index (χ4n) is 2.72. The Morgan fingerprint density at radius 2 is 1.81 bits per heavy atom. The molecule has 1 fully saturated rings. The second kappa shape index (κ2) is 10.3. The van der Waals surface area contributed by atoms with E-state index in [1.54, 1.807) is 20.8 Å². The standard InChI is InChI=1S/C16H30F3N3O2S.HI/c1-5-20-14(21-9-10-25(23,24)15(2,3)4)22-13-8-6-7-12(11-13)16(17,18)19;/h12-13H,5-11H2,1-4H3,(H2,20,21,22);1H. The SMILES string of the molecule is CCNC(=NCCS(=O)(=O)C(C)(C)C)NC1CCCC(C(F)(F)F)C1.I. The lowest BCUT2D eigenvalue weighted by molar-refractivity contribution is -0.183. The van der Waals surface area contributed by atoms with Crippen molar-refractivity contribution in [3.05, 3.63) is 0 Å². The fourth-order valence-corrected chi connectivity index (χ4v) is 3.66. The maximum Gasteiger partial charge on any atom is 0.391 e. The Bertz CT molecular complexity index is 560. The molecule has 0 aliphatic heterocycles. The number of alkyl halides is 3. The first-order chi connectivity index (χ1) is 11.4. The van der Waals surface area contributed by atoms with Crippen molar-refractivity contribution in [2.75, 3.05) is 18.8 Å². The summed E-state index contributed by atoms with van der Waals surface area (Å²) in [4.78, 5) is 4.23. The minimum Gasteiger partial charge on any atom is -0.357 e. The maximum absolute atomic E-state index is 12.9. The van der Waals surface area contributed by atoms with E-state index in [0.29, 0.717) is 25.3 Å². The van der Waals surface area contributed by atoms with Crippen LogP contribution in [0.4, 0.5) is 13.2 Å². The van der Waals surface area contributed by atoms with E-state index in [0.717, 1.165) is 0 Å². The van der Waals surface area contributed by atoms with Crippen LogP contribution in [0.1, 0.15) is 53.4 Å². The zero-order valence-electron chi connectivity index (χ0n) is 15.8. The average molecular weight is 513 g/mol. The Kier molecular flexibility index (Phi) is 10.2. The van der Waals surface area contributed by atoms with Gasteiger partial charge in [0, 0.05) is 12.6 Å². The Morgan fingerprint density at radius 1 is 1.19 bits per heavy atom. The van der Waals surface area contributed by atoms with Crippen LogP contribution in [0.25, 0.3) is 0 Å². The molecule has 1 saturated carbocycles. The van der Waals surface area contributed by atoms with E-state index in [9.17, 15) is 21.6 Å². The maximum atomic E-state index is 12.9. The number of nitrogens with one attached hydrogen (secondary N) is 2. The van der Waals surface area contributed by atoms with E-state index in [1.165, 1.54) is 0 Å². The predicted molar refractivity (Wildman–Crippen MR) is 110 cm³/mol. The molecule has 0 amide bonds. The van der Waals surface area contributed by atoms with Gasteiger partial charge in [-0.05, 0) is 47.0 Å². The van der Waals surface area contributed by atoms with Crippen molar-refractivity contribution in [2.24, 2.45) is 10.9 Å². The highest BCUT2D eigenvalue weighted by Gasteiger charge is 2.42. The molecule has 0 radical (unpaired) electrons. The summed E-state index contributed by atoms with van der Waals surface area (Å²) in [5.74, 6) is -1.01. The number of aliphatic imine (C=N–C) groups is 1. The van der Waals surface area contributed by atoms with Crippen molar-refractivity contribution in [1.29, 1.82) is 0 Å². The molecular formula is C16H31F3IN3O2S. The van der Waals surface area contributed by atoms with E-state index < -0.39 is 26.7 Å². The molecule has 0 aromatic heterocycles. The third-order valence-corrected chi connectivity index (χ3v) is 6.97. The summed E-state index contributed by atoms with van der Waals surface area (Å²) in [6, 6.07) is -0.308. The smallest absolute Gasteiger partial charge is 0.357 e. The first-order valence-corrected chi connectivity index (χ1v) is 10.4. The highest BCUT2D eigenvalue weighted by Crippen LogP contribution is 2.37. The molecule has 0 bridgehead atoms. The lowest BCUT2D eigenvalue weighted by Gasteiger charge is -2.32. The van der Waals surface area contributed by atoms with Crippen molar-refractivity contribution in [3.63, 3.8) is 0 Å². The summed E-state index contributed by atoms with van der Waals surface area (Å²) in [7, 11) is -3.28. The van der Waals surface area contributed by atoms with Gasteiger partial charge in [0.05, 0.1) is 23.0 Å².